The minimum atomic E-state index is -0.357. The van der Waals surface area contributed by atoms with Crippen molar-refractivity contribution in [3.05, 3.63) is 23.8 Å². The predicted molar refractivity (Wildman–Crippen MR) is 79.6 cm³/mol. The van der Waals surface area contributed by atoms with Crippen molar-refractivity contribution < 1.29 is 18.9 Å². The van der Waals surface area contributed by atoms with Crippen LogP contribution in [0, 0.1) is 0 Å². The summed E-state index contributed by atoms with van der Waals surface area (Å²) in [6.07, 6.45) is 5.08. The van der Waals surface area contributed by atoms with Gasteiger partial charge in [0.2, 0.25) is 6.79 Å². The number of hydrogen-bond acceptors (Lipinski definition) is 4. The molecular formula is C17H24O4. The maximum atomic E-state index is 6.26. The maximum Gasteiger partial charge on any atom is 0.231 e. The molecular weight excluding hydrogens is 268 g/mol. The number of rotatable bonds is 6. The zero-order valence-electron chi connectivity index (χ0n) is 12.9. The third-order valence-electron chi connectivity index (χ3n) is 4.08. The fourth-order valence-corrected chi connectivity index (χ4v) is 3.20. The minimum absolute atomic E-state index is 0.128. The van der Waals surface area contributed by atoms with Crippen LogP contribution >= 0.6 is 0 Å². The quantitative estimate of drug-likeness (QED) is 0.801. The molecule has 4 nitrogen and oxygen atoms in total. The van der Waals surface area contributed by atoms with E-state index in [1.54, 1.807) is 0 Å². The Morgan fingerprint density at radius 3 is 2.62 bits per heavy atom. The van der Waals surface area contributed by atoms with Crippen molar-refractivity contribution in [2.75, 3.05) is 13.4 Å². The van der Waals surface area contributed by atoms with Crippen LogP contribution in [-0.2, 0) is 15.9 Å². The second-order valence-electron chi connectivity index (χ2n) is 5.85. The first-order valence-electron chi connectivity index (χ1n) is 7.95. The van der Waals surface area contributed by atoms with Crippen molar-refractivity contribution in [3.63, 3.8) is 0 Å². The molecule has 116 valence electrons. The van der Waals surface area contributed by atoms with Gasteiger partial charge in [-0.1, -0.05) is 32.8 Å². The summed E-state index contributed by atoms with van der Waals surface area (Å²) in [5.74, 6) is 1.30. The van der Waals surface area contributed by atoms with Gasteiger partial charge in [-0.25, -0.2) is 0 Å². The van der Waals surface area contributed by atoms with E-state index in [0.717, 1.165) is 43.6 Å². The van der Waals surface area contributed by atoms with Gasteiger partial charge in [0.05, 0.1) is 12.7 Å². The summed E-state index contributed by atoms with van der Waals surface area (Å²) in [5, 5.41) is 0. The lowest BCUT2D eigenvalue weighted by Gasteiger charge is -2.27. The standard InChI is InChI=1S/C17H24O4/c1-3-7-17(8-4-2)20-11-14(21-17)9-13-5-6-15-16(10-13)19-12-18-15/h5-6,10,14H,3-4,7-9,11-12H2,1-2H3. The SMILES string of the molecule is CCCC1(CCC)OCC(Cc2ccc3c(c2)OCO3)O1. The molecule has 0 aliphatic carbocycles. The first-order chi connectivity index (χ1) is 10.2. The number of benzene rings is 1. The molecule has 1 fully saturated rings. The first kappa shape index (κ1) is 14.7. The van der Waals surface area contributed by atoms with Gasteiger partial charge < -0.3 is 18.9 Å². The lowest BCUT2D eigenvalue weighted by atomic mass is 10.1. The van der Waals surface area contributed by atoms with E-state index in [-0.39, 0.29) is 11.9 Å². The fraction of sp³-hybridized carbons (Fsp3) is 0.647. The van der Waals surface area contributed by atoms with Crippen LogP contribution < -0.4 is 9.47 Å². The topological polar surface area (TPSA) is 36.9 Å². The largest absolute Gasteiger partial charge is 0.454 e. The Morgan fingerprint density at radius 1 is 1.10 bits per heavy atom. The number of hydrogen-bond donors (Lipinski definition) is 0. The van der Waals surface area contributed by atoms with Gasteiger partial charge in [0.1, 0.15) is 0 Å². The molecule has 0 spiro atoms. The highest BCUT2D eigenvalue weighted by molar-refractivity contribution is 5.44. The average molecular weight is 292 g/mol. The van der Waals surface area contributed by atoms with Gasteiger partial charge in [-0.2, -0.15) is 0 Å². The van der Waals surface area contributed by atoms with E-state index >= 15 is 0 Å². The van der Waals surface area contributed by atoms with Crippen LogP contribution in [0.25, 0.3) is 0 Å². The van der Waals surface area contributed by atoms with Gasteiger partial charge in [-0.15, -0.1) is 0 Å². The molecule has 1 atom stereocenters. The van der Waals surface area contributed by atoms with Crippen LogP contribution in [0.3, 0.4) is 0 Å². The molecule has 0 N–H and O–H groups in total. The number of ether oxygens (including phenoxy) is 4. The van der Waals surface area contributed by atoms with Crippen LogP contribution in [0.1, 0.15) is 45.1 Å². The summed E-state index contributed by atoms with van der Waals surface area (Å²) < 4.78 is 23.0. The van der Waals surface area contributed by atoms with Gasteiger partial charge in [0, 0.05) is 19.3 Å². The molecule has 0 bridgehead atoms. The third-order valence-corrected chi connectivity index (χ3v) is 4.08. The molecule has 1 unspecified atom stereocenters. The molecule has 1 saturated heterocycles. The van der Waals surface area contributed by atoms with Crippen LogP contribution in [0.15, 0.2) is 18.2 Å². The Bertz CT molecular complexity index is 480. The molecule has 3 rings (SSSR count). The van der Waals surface area contributed by atoms with Crippen LogP contribution in [-0.4, -0.2) is 25.3 Å². The van der Waals surface area contributed by atoms with E-state index < -0.39 is 0 Å². The van der Waals surface area contributed by atoms with Crippen LogP contribution in [0.4, 0.5) is 0 Å². The monoisotopic (exact) mass is 292 g/mol. The van der Waals surface area contributed by atoms with Gasteiger partial charge >= 0.3 is 0 Å². The summed E-state index contributed by atoms with van der Waals surface area (Å²) in [5.41, 5.74) is 1.21. The molecule has 0 radical (unpaired) electrons. The van der Waals surface area contributed by atoms with E-state index in [1.165, 1.54) is 5.56 Å². The van der Waals surface area contributed by atoms with Crippen LogP contribution in [0.5, 0.6) is 11.5 Å². The molecule has 2 aliphatic rings. The van der Waals surface area contributed by atoms with Crippen molar-refractivity contribution in [2.45, 2.75) is 57.8 Å². The van der Waals surface area contributed by atoms with Gasteiger partial charge in [-0.3, -0.25) is 0 Å². The Balaban J connectivity index is 1.63. The Labute approximate surface area is 126 Å². The molecule has 0 aromatic heterocycles. The van der Waals surface area contributed by atoms with E-state index in [1.807, 2.05) is 12.1 Å². The van der Waals surface area contributed by atoms with Crippen LogP contribution in [0.2, 0.25) is 0 Å². The van der Waals surface area contributed by atoms with Crippen molar-refractivity contribution >= 4 is 0 Å². The van der Waals surface area contributed by atoms with Crippen molar-refractivity contribution in [1.82, 2.24) is 0 Å². The molecule has 0 saturated carbocycles. The molecule has 1 aromatic rings. The first-order valence-corrected chi connectivity index (χ1v) is 7.95. The number of fused-ring (bicyclic) bond motifs is 1. The van der Waals surface area contributed by atoms with E-state index in [0.29, 0.717) is 13.4 Å². The zero-order chi connectivity index (χ0) is 14.7. The smallest absolute Gasteiger partial charge is 0.231 e. The second-order valence-corrected chi connectivity index (χ2v) is 5.85. The zero-order valence-corrected chi connectivity index (χ0v) is 12.9. The molecule has 0 amide bonds. The highest BCUT2D eigenvalue weighted by atomic mass is 16.7. The Hall–Kier alpha value is -1.26. The predicted octanol–water partition coefficient (Wildman–Crippen LogP) is 3.67. The molecule has 2 aliphatic heterocycles. The van der Waals surface area contributed by atoms with E-state index in [2.05, 4.69) is 19.9 Å². The minimum Gasteiger partial charge on any atom is -0.454 e. The molecule has 2 heterocycles. The highest BCUT2D eigenvalue weighted by Gasteiger charge is 2.39. The van der Waals surface area contributed by atoms with E-state index in [4.69, 9.17) is 18.9 Å². The average Bonchev–Trinajstić information content (AvgIpc) is 3.07. The normalized spacial score (nSPS) is 22.7. The lowest BCUT2D eigenvalue weighted by Crippen LogP contribution is -2.31. The second kappa shape index (κ2) is 6.24. The fourth-order valence-electron chi connectivity index (χ4n) is 3.20. The molecule has 21 heavy (non-hydrogen) atoms. The summed E-state index contributed by atoms with van der Waals surface area (Å²) in [7, 11) is 0. The van der Waals surface area contributed by atoms with Crippen molar-refractivity contribution in [3.8, 4) is 11.5 Å². The third kappa shape index (κ3) is 3.16. The highest BCUT2D eigenvalue weighted by Crippen LogP contribution is 2.36. The van der Waals surface area contributed by atoms with E-state index in [9.17, 15) is 0 Å². The van der Waals surface area contributed by atoms with Gasteiger partial charge in [-0.05, 0) is 17.7 Å². The maximum absolute atomic E-state index is 6.26. The summed E-state index contributed by atoms with van der Waals surface area (Å²) in [6.45, 7) is 5.34. The molecule has 1 aromatic carbocycles. The lowest BCUT2D eigenvalue weighted by molar-refractivity contribution is -0.177. The summed E-state index contributed by atoms with van der Waals surface area (Å²) >= 11 is 0. The van der Waals surface area contributed by atoms with Crippen molar-refractivity contribution in [1.29, 1.82) is 0 Å². The summed E-state index contributed by atoms with van der Waals surface area (Å²) in [4.78, 5) is 0. The van der Waals surface area contributed by atoms with Gasteiger partial charge in [0.15, 0.2) is 17.3 Å². The van der Waals surface area contributed by atoms with Gasteiger partial charge in [0.25, 0.3) is 0 Å². The Morgan fingerprint density at radius 2 is 1.86 bits per heavy atom. The molecule has 4 heteroatoms. The Kier molecular flexibility index (Phi) is 4.36. The van der Waals surface area contributed by atoms with Crippen molar-refractivity contribution in [2.24, 2.45) is 0 Å². The summed E-state index contributed by atoms with van der Waals surface area (Å²) in [6, 6.07) is 6.10.